The zero-order valence-electron chi connectivity index (χ0n) is 13.4. The lowest BCUT2D eigenvalue weighted by atomic mass is 10.1. The van der Waals surface area contributed by atoms with E-state index in [4.69, 9.17) is 11.6 Å². The molecule has 7 heteroatoms. The topological polar surface area (TPSA) is 45.2 Å². The summed E-state index contributed by atoms with van der Waals surface area (Å²) in [6.07, 6.45) is 0.894. The van der Waals surface area contributed by atoms with E-state index in [0.717, 1.165) is 42.3 Å². The Morgan fingerprint density at radius 1 is 1.28 bits per heavy atom. The van der Waals surface area contributed by atoms with Gasteiger partial charge < -0.3 is 0 Å². The average molecular weight is 390 g/mol. The molecule has 2 aromatic heterocycles. The van der Waals surface area contributed by atoms with Crippen LogP contribution in [0.25, 0.3) is 0 Å². The lowest BCUT2D eigenvalue weighted by molar-refractivity contribution is 0.103. The molecular formula is C18H16ClN3OS2. The van der Waals surface area contributed by atoms with Crippen molar-refractivity contribution in [3.05, 3.63) is 67.8 Å². The first kappa shape index (κ1) is 16.7. The monoisotopic (exact) mass is 389 g/mol. The van der Waals surface area contributed by atoms with Gasteiger partial charge in [0, 0.05) is 36.0 Å². The summed E-state index contributed by atoms with van der Waals surface area (Å²) in [6.45, 7) is 2.61. The minimum absolute atomic E-state index is 0.0889. The van der Waals surface area contributed by atoms with Crippen molar-refractivity contribution in [3.63, 3.8) is 0 Å². The molecule has 128 valence electrons. The van der Waals surface area contributed by atoms with Gasteiger partial charge in [0.2, 0.25) is 0 Å². The lowest BCUT2D eigenvalue weighted by Crippen LogP contribution is -2.29. The molecule has 0 radical (unpaired) electrons. The predicted octanol–water partition coefficient (Wildman–Crippen LogP) is 4.67. The van der Waals surface area contributed by atoms with Gasteiger partial charge in [0.05, 0.1) is 10.6 Å². The van der Waals surface area contributed by atoms with Gasteiger partial charge in [0.1, 0.15) is 0 Å². The zero-order chi connectivity index (χ0) is 17.2. The van der Waals surface area contributed by atoms with Gasteiger partial charge in [-0.3, -0.25) is 15.0 Å². The highest BCUT2D eigenvalue weighted by Crippen LogP contribution is 2.30. The van der Waals surface area contributed by atoms with Crippen LogP contribution in [0.4, 0.5) is 5.13 Å². The minimum atomic E-state index is -0.0889. The van der Waals surface area contributed by atoms with Gasteiger partial charge in [-0.15, -0.1) is 22.7 Å². The highest BCUT2D eigenvalue weighted by atomic mass is 35.5. The summed E-state index contributed by atoms with van der Waals surface area (Å²) in [4.78, 5) is 21.1. The predicted molar refractivity (Wildman–Crippen MR) is 104 cm³/mol. The van der Waals surface area contributed by atoms with E-state index in [9.17, 15) is 4.79 Å². The van der Waals surface area contributed by atoms with Gasteiger partial charge in [-0.1, -0.05) is 35.9 Å². The SMILES string of the molecule is O=C(Nc1nc2c(s1)CN(Cc1ccccc1Cl)CC2)c1cccs1. The van der Waals surface area contributed by atoms with Gasteiger partial charge >= 0.3 is 0 Å². The van der Waals surface area contributed by atoms with Gasteiger partial charge in [0.25, 0.3) is 5.91 Å². The number of fused-ring (bicyclic) bond motifs is 1. The molecular weight excluding hydrogens is 374 g/mol. The maximum absolute atomic E-state index is 12.2. The molecule has 1 aliphatic rings. The number of halogens is 1. The summed E-state index contributed by atoms with van der Waals surface area (Å²) in [6, 6.07) is 11.7. The van der Waals surface area contributed by atoms with Crippen LogP contribution in [0, 0.1) is 0 Å². The van der Waals surface area contributed by atoms with E-state index in [0.29, 0.717) is 10.0 Å². The largest absolute Gasteiger partial charge is 0.297 e. The molecule has 0 saturated heterocycles. The van der Waals surface area contributed by atoms with E-state index >= 15 is 0 Å². The van der Waals surface area contributed by atoms with E-state index in [2.05, 4.69) is 21.3 Å². The molecule has 1 aromatic carbocycles. The molecule has 3 aromatic rings. The maximum Gasteiger partial charge on any atom is 0.267 e. The zero-order valence-corrected chi connectivity index (χ0v) is 15.8. The molecule has 25 heavy (non-hydrogen) atoms. The van der Waals surface area contributed by atoms with Gasteiger partial charge in [-0.25, -0.2) is 4.98 Å². The highest BCUT2D eigenvalue weighted by Gasteiger charge is 2.22. The Bertz CT molecular complexity index is 892. The maximum atomic E-state index is 12.2. The first-order valence-corrected chi connectivity index (χ1v) is 10.1. The van der Waals surface area contributed by atoms with Crippen molar-refractivity contribution in [2.75, 3.05) is 11.9 Å². The van der Waals surface area contributed by atoms with Crippen molar-refractivity contribution in [2.45, 2.75) is 19.5 Å². The number of thiophene rings is 1. The molecule has 0 saturated carbocycles. The molecule has 0 spiro atoms. The number of aromatic nitrogens is 1. The number of carbonyl (C=O) groups is 1. The van der Waals surface area contributed by atoms with Crippen molar-refractivity contribution in [1.82, 2.24) is 9.88 Å². The van der Waals surface area contributed by atoms with Crippen LogP contribution >= 0.6 is 34.3 Å². The van der Waals surface area contributed by atoms with Gasteiger partial charge in [0.15, 0.2) is 5.13 Å². The standard InChI is InChI=1S/C18H16ClN3OS2/c19-13-5-2-1-4-12(13)10-22-8-7-14-16(11-22)25-18(20-14)21-17(23)15-6-3-9-24-15/h1-6,9H,7-8,10-11H2,(H,20,21,23). The van der Waals surface area contributed by atoms with Crippen LogP contribution in [-0.4, -0.2) is 22.3 Å². The van der Waals surface area contributed by atoms with Crippen LogP contribution in [0.15, 0.2) is 41.8 Å². The number of thiazole rings is 1. The Balaban J connectivity index is 1.44. The quantitative estimate of drug-likeness (QED) is 0.705. The summed E-state index contributed by atoms with van der Waals surface area (Å²) in [5, 5.41) is 6.30. The number of rotatable bonds is 4. The third kappa shape index (κ3) is 3.77. The van der Waals surface area contributed by atoms with E-state index in [1.807, 2.05) is 35.7 Å². The molecule has 0 aliphatic carbocycles. The van der Waals surface area contributed by atoms with Crippen LogP contribution in [0.5, 0.6) is 0 Å². The van der Waals surface area contributed by atoms with E-state index < -0.39 is 0 Å². The summed E-state index contributed by atoms with van der Waals surface area (Å²) >= 11 is 9.27. The number of hydrogen-bond donors (Lipinski definition) is 1. The number of nitrogens with one attached hydrogen (secondary N) is 1. The number of carbonyl (C=O) groups excluding carboxylic acids is 1. The summed E-state index contributed by atoms with van der Waals surface area (Å²) in [7, 11) is 0. The molecule has 0 unspecified atom stereocenters. The first-order valence-electron chi connectivity index (χ1n) is 7.98. The smallest absolute Gasteiger partial charge is 0.267 e. The summed E-state index contributed by atoms with van der Waals surface area (Å²) in [5.74, 6) is -0.0889. The number of amides is 1. The molecule has 1 amide bonds. The number of benzene rings is 1. The third-order valence-corrected chi connectivity index (χ3v) is 6.36. The van der Waals surface area contributed by atoms with Crippen LogP contribution in [0.1, 0.15) is 25.8 Å². The van der Waals surface area contributed by atoms with Crippen molar-refractivity contribution < 1.29 is 4.79 Å². The molecule has 4 rings (SSSR count). The Kier molecular flexibility index (Phi) is 4.85. The van der Waals surface area contributed by atoms with Crippen molar-refractivity contribution in [3.8, 4) is 0 Å². The fourth-order valence-electron chi connectivity index (χ4n) is 2.87. The number of anilines is 1. The van der Waals surface area contributed by atoms with Gasteiger partial charge in [-0.05, 0) is 23.1 Å². The first-order chi connectivity index (χ1) is 12.2. The molecule has 0 fully saturated rings. The molecule has 0 bridgehead atoms. The normalized spacial score (nSPS) is 14.3. The fraction of sp³-hybridized carbons (Fsp3) is 0.222. The van der Waals surface area contributed by atoms with Crippen LogP contribution < -0.4 is 5.32 Å². The average Bonchev–Trinajstić information content (AvgIpc) is 3.25. The second-order valence-electron chi connectivity index (χ2n) is 5.87. The highest BCUT2D eigenvalue weighted by molar-refractivity contribution is 7.16. The summed E-state index contributed by atoms with van der Waals surface area (Å²) < 4.78 is 0. The Morgan fingerprint density at radius 2 is 2.16 bits per heavy atom. The second kappa shape index (κ2) is 7.25. The summed E-state index contributed by atoms with van der Waals surface area (Å²) in [5.41, 5.74) is 2.24. The number of hydrogen-bond acceptors (Lipinski definition) is 5. The van der Waals surface area contributed by atoms with E-state index in [1.54, 1.807) is 11.3 Å². The number of nitrogens with zero attached hydrogens (tertiary/aromatic N) is 2. The fourth-order valence-corrected chi connectivity index (χ4v) is 4.73. The third-order valence-electron chi connectivity index (χ3n) is 4.13. The van der Waals surface area contributed by atoms with Crippen LogP contribution in [-0.2, 0) is 19.5 Å². The second-order valence-corrected chi connectivity index (χ2v) is 8.31. The van der Waals surface area contributed by atoms with E-state index in [1.165, 1.54) is 16.2 Å². The Morgan fingerprint density at radius 3 is 2.96 bits per heavy atom. The van der Waals surface area contributed by atoms with Crippen molar-refractivity contribution >= 4 is 45.3 Å². The van der Waals surface area contributed by atoms with Crippen molar-refractivity contribution in [2.24, 2.45) is 0 Å². The minimum Gasteiger partial charge on any atom is -0.297 e. The Labute approximate surface area is 159 Å². The van der Waals surface area contributed by atoms with Gasteiger partial charge in [-0.2, -0.15) is 0 Å². The molecule has 1 aliphatic heterocycles. The Hall–Kier alpha value is -1.73. The lowest BCUT2D eigenvalue weighted by Gasteiger charge is -2.26. The van der Waals surface area contributed by atoms with Crippen LogP contribution in [0.3, 0.4) is 0 Å². The molecule has 1 N–H and O–H groups in total. The van der Waals surface area contributed by atoms with Crippen LogP contribution in [0.2, 0.25) is 5.02 Å². The molecule has 4 nitrogen and oxygen atoms in total. The van der Waals surface area contributed by atoms with E-state index in [-0.39, 0.29) is 5.91 Å². The molecule has 0 atom stereocenters. The molecule has 3 heterocycles. The van der Waals surface area contributed by atoms with Crippen molar-refractivity contribution in [1.29, 1.82) is 0 Å².